The van der Waals surface area contributed by atoms with E-state index in [1.54, 1.807) is 36.4 Å². The number of hydrogen-bond donors (Lipinski definition) is 3. The first-order valence-corrected chi connectivity index (χ1v) is 10.1. The van der Waals surface area contributed by atoms with E-state index < -0.39 is 10.0 Å². The smallest absolute Gasteiger partial charge is 0.261 e. The lowest BCUT2D eigenvalue weighted by molar-refractivity contribution is 0.0903. The summed E-state index contributed by atoms with van der Waals surface area (Å²) in [5.74, 6) is -0.238. The van der Waals surface area contributed by atoms with Crippen molar-refractivity contribution < 1.29 is 13.2 Å². The van der Waals surface area contributed by atoms with Crippen LogP contribution < -0.4 is 15.8 Å². The van der Waals surface area contributed by atoms with Gasteiger partial charge >= 0.3 is 0 Å². The van der Waals surface area contributed by atoms with Crippen molar-refractivity contribution >= 4 is 34.0 Å². The van der Waals surface area contributed by atoms with Crippen LogP contribution in [0.5, 0.6) is 0 Å². The standard InChI is InChI=1S/C19H23N3O3S.ClH/c20-14-19(11-4-5-12-19)21-18(23)15-7-6-8-16(13-15)22-26(24,25)17-9-2-1-3-10-17;/h1-3,6-10,13,22H,4-5,11-12,14,20H2,(H,21,23);1H. The summed E-state index contributed by atoms with van der Waals surface area (Å²) in [6.45, 7) is 0.402. The molecule has 1 saturated carbocycles. The highest BCUT2D eigenvalue weighted by atomic mass is 35.5. The summed E-state index contributed by atoms with van der Waals surface area (Å²) in [6.07, 6.45) is 3.84. The molecule has 0 heterocycles. The van der Waals surface area contributed by atoms with Gasteiger partial charge in [0.05, 0.1) is 10.4 Å². The van der Waals surface area contributed by atoms with Gasteiger partial charge in [-0.3, -0.25) is 9.52 Å². The fraction of sp³-hybridized carbons (Fsp3) is 0.316. The van der Waals surface area contributed by atoms with E-state index in [4.69, 9.17) is 5.73 Å². The molecule has 0 aliphatic heterocycles. The fourth-order valence-corrected chi connectivity index (χ4v) is 4.35. The molecule has 2 aromatic rings. The zero-order valence-electron chi connectivity index (χ0n) is 14.9. The van der Waals surface area contributed by atoms with Gasteiger partial charge in [-0.2, -0.15) is 0 Å². The third-order valence-electron chi connectivity index (χ3n) is 4.76. The zero-order chi connectivity index (χ0) is 18.6. The number of nitrogens with two attached hydrogens (primary N) is 1. The Kier molecular flexibility index (Phi) is 6.86. The summed E-state index contributed by atoms with van der Waals surface area (Å²) in [6, 6.07) is 14.6. The van der Waals surface area contributed by atoms with E-state index in [0.29, 0.717) is 17.8 Å². The topological polar surface area (TPSA) is 101 Å². The van der Waals surface area contributed by atoms with Crippen LogP contribution in [0, 0.1) is 0 Å². The van der Waals surface area contributed by atoms with Gasteiger partial charge in [0, 0.05) is 17.8 Å². The quantitative estimate of drug-likeness (QED) is 0.682. The van der Waals surface area contributed by atoms with Crippen LogP contribution in [0.2, 0.25) is 0 Å². The molecule has 146 valence electrons. The second kappa shape index (κ2) is 8.73. The van der Waals surface area contributed by atoms with Gasteiger partial charge in [0.1, 0.15) is 0 Å². The SMILES string of the molecule is Cl.NCC1(NC(=O)c2cccc(NS(=O)(=O)c3ccccc3)c2)CCCC1. The number of carbonyl (C=O) groups is 1. The Morgan fingerprint density at radius 1 is 1.04 bits per heavy atom. The lowest BCUT2D eigenvalue weighted by atomic mass is 9.97. The number of hydrogen-bond acceptors (Lipinski definition) is 4. The maximum atomic E-state index is 12.6. The van der Waals surface area contributed by atoms with Crippen LogP contribution in [0.15, 0.2) is 59.5 Å². The highest BCUT2D eigenvalue weighted by molar-refractivity contribution is 7.92. The molecule has 0 bridgehead atoms. The van der Waals surface area contributed by atoms with E-state index in [2.05, 4.69) is 10.0 Å². The Balaban J connectivity index is 0.00000261. The normalized spacial score (nSPS) is 15.6. The lowest BCUT2D eigenvalue weighted by Gasteiger charge is -2.28. The third-order valence-corrected chi connectivity index (χ3v) is 6.16. The van der Waals surface area contributed by atoms with Crippen molar-refractivity contribution in [2.45, 2.75) is 36.1 Å². The molecule has 0 atom stereocenters. The van der Waals surface area contributed by atoms with E-state index in [9.17, 15) is 13.2 Å². The van der Waals surface area contributed by atoms with Crippen LogP contribution in [0.4, 0.5) is 5.69 Å². The third kappa shape index (κ3) is 5.00. The summed E-state index contributed by atoms with van der Waals surface area (Å²) in [7, 11) is -3.70. The zero-order valence-corrected chi connectivity index (χ0v) is 16.5. The molecule has 8 heteroatoms. The highest BCUT2D eigenvalue weighted by Gasteiger charge is 2.34. The molecule has 2 aromatic carbocycles. The molecule has 0 aromatic heterocycles. The number of nitrogens with one attached hydrogen (secondary N) is 2. The van der Waals surface area contributed by atoms with Crippen molar-refractivity contribution in [2.24, 2.45) is 5.73 Å². The van der Waals surface area contributed by atoms with Gasteiger partial charge in [-0.1, -0.05) is 37.1 Å². The molecule has 1 aliphatic carbocycles. The summed E-state index contributed by atoms with van der Waals surface area (Å²) in [5.41, 5.74) is 6.26. The Labute approximate surface area is 166 Å². The minimum atomic E-state index is -3.70. The van der Waals surface area contributed by atoms with Gasteiger partial charge in [-0.05, 0) is 43.2 Å². The van der Waals surface area contributed by atoms with Crippen LogP contribution in [0.1, 0.15) is 36.0 Å². The second-order valence-electron chi connectivity index (χ2n) is 6.65. The lowest BCUT2D eigenvalue weighted by Crippen LogP contribution is -2.51. The summed E-state index contributed by atoms with van der Waals surface area (Å²) in [5, 5.41) is 3.04. The minimum absolute atomic E-state index is 0. The summed E-state index contributed by atoms with van der Waals surface area (Å²) >= 11 is 0. The summed E-state index contributed by atoms with van der Waals surface area (Å²) < 4.78 is 27.4. The molecule has 1 aliphatic rings. The molecule has 1 amide bonds. The van der Waals surface area contributed by atoms with Crippen LogP contribution in [-0.2, 0) is 10.0 Å². The maximum Gasteiger partial charge on any atom is 0.261 e. The largest absolute Gasteiger partial charge is 0.345 e. The van der Waals surface area contributed by atoms with Gasteiger partial charge in [0.25, 0.3) is 15.9 Å². The molecule has 6 nitrogen and oxygen atoms in total. The molecule has 0 spiro atoms. The van der Waals surface area contributed by atoms with Gasteiger partial charge in [0.2, 0.25) is 0 Å². The Morgan fingerprint density at radius 3 is 2.33 bits per heavy atom. The van der Waals surface area contributed by atoms with Crippen LogP contribution in [0.3, 0.4) is 0 Å². The first-order chi connectivity index (χ1) is 12.4. The first-order valence-electron chi connectivity index (χ1n) is 8.65. The number of amides is 1. The second-order valence-corrected chi connectivity index (χ2v) is 8.33. The molecule has 1 fully saturated rings. The number of benzene rings is 2. The van der Waals surface area contributed by atoms with Crippen molar-refractivity contribution in [1.82, 2.24) is 5.32 Å². The Bertz CT molecular complexity index is 882. The van der Waals surface area contributed by atoms with Gasteiger partial charge in [-0.25, -0.2) is 8.42 Å². The van der Waals surface area contributed by atoms with Crippen molar-refractivity contribution in [3.63, 3.8) is 0 Å². The van der Waals surface area contributed by atoms with Gasteiger partial charge < -0.3 is 11.1 Å². The highest BCUT2D eigenvalue weighted by Crippen LogP contribution is 2.29. The first kappa shape index (κ1) is 21.2. The van der Waals surface area contributed by atoms with Crippen LogP contribution >= 0.6 is 12.4 Å². The van der Waals surface area contributed by atoms with E-state index in [1.807, 2.05) is 0 Å². The Hall–Kier alpha value is -2.09. The molecular weight excluding hydrogens is 386 g/mol. The molecule has 0 saturated heterocycles. The van der Waals surface area contributed by atoms with E-state index in [0.717, 1.165) is 25.7 Å². The number of halogens is 1. The number of carbonyl (C=O) groups excluding carboxylic acids is 1. The minimum Gasteiger partial charge on any atom is -0.345 e. The average Bonchev–Trinajstić information content (AvgIpc) is 3.11. The van der Waals surface area contributed by atoms with Crippen molar-refractivity contribution in [1.29, 1.82) is 0 Å². The number of rotatable bonds is 6. The van der Waals surface area contributed by atoms with Gasteiger partial charge in [-0.15, -0.1) is 12.4 Å². The monoisotopic (exact) mass is 409 g/mol. The van der Waals surface area contributed by atoms with Crippen molar-refractivity contribution in [3.05, 3.63) is 60.2 Å². The van der Waals surface area contributed by atoms with E-state index >= 15 is 0 Å². The molecular formula is C19H24ClN3O3S. The summed E-state index contributed by atoms with van der Waals surface area (Å²) in [4.78, 5) is 12.8. The van der Waals surface area contributed by atoms with Crippen LogP contribution in [-0.4, -0.2) is 26.4 Å². The fourth-order valence-electron chi connectivity index (χ4n) is 3.28. The van der Waals surface area contributed by atoms with E-state index in [1.165, 1.54) is 18.2 Å². The molecule has 27 heavy (non-hydrogen) atoms. The predicted molar refractivity (Wildman–Crippen MR) is 109 cm³/mol. The average molecular weight is 410 g/mol. The maximum absolute atomic E-state index is 12.6. The molecule has 0 unspecified atom stereocenters. The molecule has 4 N–H and O–H groups in total. The van der Waals surface area contributed by atoms with Gasteiger partial charge in [0.15, 0.2) is 0 Å². The van der Waals surface area contributed by atoms with Crippen molar-refractivity contribution in [2.75, 3.05) is 11.3 Å². The van der Waals surface area contributed by atoms with E-state index in [-0.39, 0.29) is 28.7 Å². The number of anilines is 1. The van der Waals surface area contributed by atoms with Crippen LogP contribution in [0.25, 0.3) is 0 Å². The number of sulfonamides is 1. The molecule has 0 radical (unpaired) electrons. The molecule has 3 rings (SSSR count). The Morgan fingerprint density at radius 2 is 1.70 bits per heavy atom. The predicted octanol–water partition coefficient (Wildman–Crippen LogP) is 2.91. The van der Waals surface area contributed by atoms with Crippen molar-refractivity contribution in [3.8, 4) is 0 Å².